The molecule has 0 bridgehead atoms. The van der Waals surface area contributed by atoms with E-state index in [0.29, 0.717) is 16.6 Å². The second kappa shape index (κ2) is 6.81. The van der Waals surface area contributed by atoms with Gasteiger partial charge in [-0.2, -0.15) is 13.2 Å². The number of anilines is 1. The van der Waals surface area contributed by atoms with Gasteiger partial charge >= 0.3 is 5.51 Å². The largest absolute Gasteiger partial charge is 0.446 e. The molecule has 0 saturated carbocycles. The third kappa shape index (κ3) is 5.69. The molecule has 0 saturated heterocycles. The molecule has 0 fully saturated rings. The van der Waals surface area contributed by atoms with Crippen LogP contribution in [0.4, 0.5) is 18.9 Å². The molecule has 2 aromatic carbocycles. The average molecular weight is 352 g/mol. The van der Waals surface area contributed by atoms with E-state index in [9.17, 15) is 13.2 Å². The quantitative estimate of drug-likeness (QED) is 0.656. The Kier molecular flexibility index (Phi) is 5.30. The minimum absolute atomic E-state index is 0.135. The Morgan fingerprint density at radius 3 is 2.05 bits per heavy atom. The molecule has 2 aromatic rings. The smallest absolute Gasteiger partial charge is 0.381 e. The molecule has 0 spiro atoms. The molecule has 0 aromatic heterocycles. The summed E-state index contributed by atoms with van der Waals surface area (Å²) in [4.78, 5) is 0.152. The van der Waals surface area contributed by atoms with Gasteiger partial charge in [-0.3, -0.25) is 0 Å². The number of hydrogen-bond acceptors (Lipinski definition) is 2. The normalized spacial score (nSPS) is 11.5. The molecule has 1 N–H and O–H groups in total. The molecule has 0 aliphatic rings. The molecule has 21 heavy (non-hydrogen) atoms. The van der Waals surface area contributed by atoms with Gasteiger partial charge in [-0.1, -0.05) is 23.2 Å². The lowest BCUT2D eigenvalue weighted by molar-refractivity contribution is -0.0328. The van der Waals surface area contributed by atoms with Gasteiger partial charge in [0.25, 0.3) is 0 Å². The summed E-state index contributed by atoms with van der Waals surface area (Å²) in [5.74, 6) is 0. The van der Waals surface area contributed by atoms with Crippen molar-refractivity contribution in [3.8, 4) is 0 Å². The number of rotatable bonds is 4. The molecular formula is C14H10Cl2F3NS. The number of nitrogens with one attached hydrogen (secondary N) is 1. The summed E-state index contributed by atoms with van der Waals surface area (Å²) in [5, 5.41) is 4.17. The van der Waals surface area contributed by atoms with Crippen molar-refractivity contribution in [3.63, 3.8) is 0 Å². The van der Waals surface area contributed by atoms with Gasteiger partial charge in [0, 0.05) is 27.2 Å². The lowest BCUT2D eigenvalue weighted by Crippen LogP contribution is -2.00. The fraction of sp³-hybridized carbons (Fsp3) is 0.143. The molecule has 0 radical (unpaired) electrons. The number of benzene rings is 2. The van der Waals surface area contributed by atoms with E-state index in [1.807, 2.05) is 0 Å². The number of alkyl halides is 3. The molecule has 2 rings (SSSR count). The van der Waals surface area contributed by atoms with Crippen LogP contribution < -0.4 is 5.32 Å². The Morgan fingerprint density at radius 2 is 1.52 bits per heavy atom. The minimum atomic E-state index is -4.27. The van der Waals surface area contributed by atoms with Crippen molar-refractivity contribution in [1.82, 2.24) is 0 Å². The molecule has 7 heteroatoms. The zero-order chi connectivity index (χ0) is 15.5. The van der Waals surface area contributed by atoms with Gasteiger partial charge in [0.2, 0.25) is 0 Å². The second-order valence-electron chi connectivity index (χ2n) is 4.20. The van der Waals surface area contributed by atoms with Crippen LogP contribution in [0.1, 0.15) is 5.56 Å². The lowest BCUT2D eigenvalue weighted by Gasteiger charge is -2.09. The molecule has 112 valence electrons. The Labute approximate surface area is 134 Å². The van der Waals surface area contributed by atoms with Gasteiger partial charge in [-0.25, -0.2) is 0 Å². The van der Waals surface area contributed by atoms with Gasteiger partial charge < -0.3 is 5.32 Å². The Bertz CT molecular complexity index is 594. The SMILES string of the molecule is FC(F)(F)Sc1ccc(NCc2cc(Cl)cc(Cl)c2)cc1. The molecule has 0 atom stereocenters. The van der Waals surface area contributed by atoms with Gasteiger partial charge in [0.1, 0.15) is 0 Å². The highest BCUT2D eigenvalue weighted by atomic mass is 35.5. The van der Waals surface area contributed by atoms with Crippen LogP contribution in [0.15, 0.2) is 47.4 Å². The van der Waals surface area contributed by atoms with E-state index in [2.05, 4.69) is 5.32 Å². The zero-order valence-electron chi connectivity index (χ0n) is 10.5. The highest BCUT2D eigenvalue weighted by molar-refractivity contribution is 8.00. The monoisotopic (exact) mass is 351 g/mol. The van der Waals surface area contributed by atoms with Crippen LogP contribution in [0.2, 0.25) is 10.0 Å². The van der Waals surface area contributed by atoms with Crippen molar-refractivity contribution in [2.75, 3.05) is 5.32 Å². The van der Waals surface area contributed by atoms with Gasteiger partial charge in [-0.15, -0.1) is 0 Å². The van der Waals surface area contributed by atoms with E-state index < -0.39 is 5.51 Å². The van der Waals surface area contributed by atoms with Crippen molar-refractivity contribution in [2.24, 2.45) is 0 Å². The van der Waals surface area contributed by atoms with Gasteiger partial charge in [-0.05, 0) is 59.8 Å². The molecule has 0 heterocycles. The van der Waals surface area contributed by atoms with E-state index in [1.165, 1.54) is 12.1 Å². The first kappa shape index (κ1) is 16.3. The summed E-state index contributed by atoms with van der Waals surface area (Å²) in [6, 6.07) is 11.2. The van der Waals surface area contributed by atoms with E-state index in [0.717, 1.165) is 11.3 Å². The molecular weight excluding hydrogens is 342 g/mol. The van der Waals surface area contributed by atoms with Gasteiger partial charge in [0.05, 0.1) is 0 Å². The van der Waals surface area contributed by atoms with Crippen LogP contribution in [0.25, 0.3) is 0 Å². The lowest BCUT2D eigenvalue weighted by atomic mass is 10.2. The van der Waals surface area contributed by atoms with Crippen molar-refractivity contribution in [1.29, 1.82) is 0 Å². The van der Waals surface area contributed by atoms with Crippen molar-refractivity contribution >= 4 is 40.7 Å². The van der Waals surface area contributed by atoms with Crippen molar-refractivity contribution in [2.45, 2.75) is 16.9 Å². The third-order valence-corrected chi connectivity index (χ3v) is 3.68. The highest BCUT2D eigenvalue weighted by Gasteiger charge is 2.28. The molecule has 0 amide bonds. The summed E-state index contributed by atoms with van der Waals surface area (Å²) in [6.45, 7) is 0.478. The van der Waals surface area contributed by atoms with Crippen LogP contribution >= 0.6 is 35.0 Å². The number of halogens is 5. The van der Waals surface area contributed by atoms with E-state index in [-0.39, 0.29) is 16.7 Å². The summed E-state index contributed by atoms with van der Waals surface area (Å²) >= 11 is 11.7. The maximum absolute atomic E-state index is 12.2. The molecule has 0 unspecified atom stereocenters. The maximum Gasteiger partial charge on any atom is 0.446 e. The summed E-state index contributed by atoms with van der Waals surface area (Å²) in [6.07, 6.45) is 0. The number of hydrogen-bond donors (Lipinski definition) is 1. The first-order valence-corrected chi connectivity index (χ1v) is 7.44. The average Bonchev–Trinajstić information content (AvgIpc) is 2.35. The van der Waals surface area contributed by atoms with Crippen LogP contribution in [0.3, 0.4) is 0 Å². The first-order valence-electron chi connectivity index (χ1n) is 5.86. The van der Waals surface area contributed by atoms with Crippen LogP contribution in [-0.2, 0) is 6.54 Å². The number of thioether (sulfide) groups is 1. The topological polar surface area (TPSA) is 12.0 Å². The van der Waals surface area contributed by atoms with Crippen molar-refractivity contribution in [3.05, 3.63) is 58.1 Å². The first-order chi connectivity index (χ1) is 9.82. The second-order valence-corrected chi connectivity index (χ2v) is 6.21. The minimum Gasteiger partial charge on any atom is -0.381 e. The Morgan fingerprint density at radius 1 is 0.952 bits per heavy atom. The fourth-order valence-electron chi connectivity index (χ4n) is 1.69. The van der Waals surface area contributed by atoms with Crippen LogP contribution in [0.5, 0.6) is 0 Å². The molecule has 1 nitrogen and oxygen atoms in total. The predicted molar refractivity (Wildman–Crippen MR) is 82.1 cm³/mol. The van der Waals surface area contributed by atoms with E-state index in [1.54, 1.807) is 30.3 Å². The fourth-order valence-corrected chi connectivity index (χ4v) is 2.80. The third-order valence-electron chi connectivity index (χ3n) is 2.51. The molecule has 0 aliphatic carbocycles. The van der Waals surface area contributed by atoms with Crippen LogP contribution in [0, 0.1) is 0 Å². The van der Waals surface area contributed by atoms with E-state index >= 15 is 0 Å². The van der Waals surface area contributed by atoms with Gasteiger partial charge in [0.15, 0.2) is 0 Å². The highest BCUT2D eigenvalue weighted by Crippen LogP contribution is 2.37. The zero-order valence-corrected chi connectivity index (χ0v) is 12.9. The predicted octanol–water partition coefficient (Wildman–Crippen LogP) is 6.22. The Hall–Kier alpha value is -1.04. The van der Waals surface area contributed by atoms with Crippen LogP contribution in [-0.4, -0.2) is 5.51 Å². The summed E-state index contributed by atoms with van der Waals surface area (Å²) < 4.78 is 36.6. The maximum atomic E-state index is 12.2. The van der Waals surface area contributed by atoms with E-state index in [4.69, 9.17) is 23.2 Å². The standard InChI is InChI=1S/C14H10Cl2F3NS/c15-10-5-9(6-11(16)7-10)8-20-12-1-3-13(4-2-12)21-14(17,18)19/h1-7,20H,8H2. The Balaban J connectivity index is 1.97. The summed E-state index contributed by atoms with van der Waals surface area (Å²) in [7, 11) is 0. The molecule has 0 aliphatic heterocycles. The summed E-state index contributed by atoms with van der Waals surface area (Å²) in [5.41, 5.74) is -2.66. The van der Waals surface area contributed by atoms with Crippen molar-refractivity contribution < 1.29 is 13.2 Å².